The summed E-state index contributed by atoms with van der Waals surface area (Å²) < 4.78 is 24.9. The van der Waals surface area contributed by atoms with Gasteiger partial charge in [-0.25, -0.2) is 4.98 Å². The van der Waals surface area contributed by atoms with E-state index in [2.05, 4.69) is 52.0 Å². The first-order valence-corrected chi connectivity index (χ1v) is 11.1. The minimum Gasteiger partial charge on any atom is -0.497 e. The average Bonchev–Trinajstić information content (AvgIpc) is 3.24. The number of aromatic nitrogens is 1. The molecule has 0 amide bonds. The second kappa shape index (κ2) is 6.97. The van der Waals surface area contributed by atoms with E-state index in [4.69, 9.17) is 23.8 Å². The molecule has 7 heteroatoms. The van der Waals surface area contributed by atoms with Crippen LogP contribution in [-0.2, 0) is 15.7 Å². The fourth-order valence-electron chi connectivity index (χ4n) is 3.92. The Hall–Kier alpha value is -2.09. The lowest BCUT2D eigenvalue weighted by molar-refractivity contribution is 0.00578. The van der Waals surface area contributed by atoms with Crippen molar-refractivity contribution in [1.29, 1.82) is 0 Å². The summed E-state index contributed by atoms with van der Waals surface area (Å²) in [4.78, 5) is 4.90. The largest absolute Gasteiger partial charge is 0.497 e. The highest BCUT2D eigenvalue weighted by Gasteiger charge is 2.51. The van der Waals surface area contributed by atoms with Crippen molar-refractivity contribution in [2.75, 3.05) is 13.7 Å². The van der Waals surface area contributed by atoms with E-state index < -0.39 is 0 Å². The molecular formula is C23H26BNO4S. The van der Waals surface area contributed by atoms with Gasteiger partial charge in [0.05, 0.1) is 35.1 Å². The van der Waals surface area contributed by atoms with Crippen molar-refractivity contribution < 1.29 is 18.8 Å². The van der Waals surface area contributed by atoms with E-state index in [0.29, 0.717) is 6.61 Å². The first-order chi connectivity index (χ1) is 14.3. The summed E-state index contributed by atoms with van der Waals surface area (Å²) >= 11 is 1.73. The maximum Gasteiger partial charge on any atom is 0.494 e. The molecule has 0 spiro atoms. The Labute approximate surface area is 181 Å². The molecule has 0 bridgehead atoms. The number of nitrogens with zero attached hydrogens (tertiary/aromatic N) is 1. The SMILES string of the molecule is COc1ccc2c(c1)CC(c1nc3ccc(B4OC(C)(C)C(C)(C)O4)cc3s1)CO2. The third kappa shape index (κ3) is 3.29. The number of fused-ring (bicyclic) bond motifs is 2. The summed E-state index contributed by atoms with van der Waals surface area (Å²) in [5.41, 5.74) is 2.51. The molecule has 156 valence electrons. The van der Waals surface area contributed by atoms with Gasteiger partial charge in [0.25, 0.3) is 0 Å². The highest BCUT2D eigenvalue weighted by atomic mass is 32.1. The molecule has 1 fully saturated rings. The lowest BCUT2D eigenvalue weighted by Gasteiger charge is -2.32. The van der Waals surface area contributed by atoms with Crippen LogP contribution >= 0.6 is 11.3 Å². The molecular weight excluding hydrogens is 397 g/mol. The Kier molecular flexibility index (Phi) is 4.61. The van der Waals surface area contributed by atoms with Crippen molar-refractivity contribution in [3.8, 4) is 11.5 Å². The van der Waals surface area contributed by atoms with E-state index in [1.165, 1.54) is 5.56 Å². The van der Waals surface area contributed by atoms with Crippen LogP contribution in [0.5, 0.6) is 11.5 Å². The first kappa shape index (κ1) is 19.9. The third-order valence-electron chi connectivity index (χ3n) is 6.48. The second-order valence-corrected chi connectivity index (χ2v) is 10.1. The molecule has 0 N–H and O–H groups in total. The van der Waals surface area contributed by atoms with Gasteiger partial charge in [-0.1, -0.05) is 6.07 Å². The van der Waals surface area contributed by atoms with Gasteiger partial charge in [0.2, 0.25) is 0 Å². The molecule has 5 rings (SSSR count). The topological polar surface area (TPSA) is 49.8 Å². The normalized spacial score (nSPS) is 22.0. The van der Waals surface area contributed by atoms with Crippen LogP contribution in [0.15, 0.2) is 36.4 Å². The summed E-state index contributed by atoms with van der Waals surface area (Å²) in [7, 11) is 1.33. The third-order valence-corrected chi connectivity index (χ3v) is 7.66. The van der Waals surface area contributed by atoms with Gasteiger partial charge in [0, 0.05) is 5.92 Å². The van der Waals surface area contributed by atoms with Crippen LogP contribution in [0.25, 0.3) is 10.2 Å². The quantitative estimate of drug-likeness (QED) is 0.588. The van der Waals surface area contributed by atoms with E-state index >= 15 is 0 Å². The van der Waals surface area contributed by atoms with Gasteiger partial charge in [-0.15, -0.1) is 11.3 Å². The van der Waals surface area contributed by atoms with Gasteiger partial charge in [-0.2, -0.15) is 0 Å². The van der Waals surface area contributed by atoms with Crippen LogP contribution in [-0.4, -0.2) is 37.0 Å². The van der Waals surface area contributed by atoms with E-state index in [1.807, 2.05) is 12.1 Å². The van der Waals surface area contributed by atoms with Crippen LogP contribution in [0, 0.1) is 0 Å². The average molecular weight is 423 g/mol. The maximum absolute atomic E-state index is 6.21. The molecule has 0 radical (unpaired) electrons. The van der Waals surface area contributed by atoms with Gasteiger partial charge in [0.1, 0.15) is 16.5 Å². The monoisotopic (exact) mass is 423 g/mol. The van der Waals surface area contributed by atoms with Crippen molar-refractivity contribution in [1.82, 2.24) is 4.98 Å². The molecule has 0 saturated carbocycles. The van der Waals surface area contributed by atoms with Crippen molar-refractivity contribution in [2.45, 2.75) is 51.2 Å². The van der Waals surface area contributed by atoms with Crippen LogP contribution in [0.2, 0.25) is 0 Å². The van der Waals surface area contributed by atoms with Gasteiger partial charge in [-0.3, -0.25) is 0 Å². The van der Waals surface area contributed by atoms with E-state index in [9.17, 15) is 0 Å². The molecule has 1 atom stereocenters. The van der Waals surface area contributed by atoms with Gasteiger partial charge < -0.3 is 18.8 Å². The van der Waals surface area contributed by atoms with Gasteiger partial charge in [-0.05, 0) is 75.5 Å². The first-order valence-electron chi connectivity index (χ1n) is 10.3. The molecule has 5 nitrogen and oxygen atoms in total. The van der Waals surface area contributed by atoms with Crippen LogP contribution in [0.4, 0.5) is 0 Å². The van der Waals surface area contributed by atoms with E-state index in [-0.39, 0.29) is 24.2 Å². The minimum absolute atomic E-state index is 0.238. The molecule has 0 aliphatic carbocycles. The molecule has 2 aromatic carbocycles. The van der Waals surface area contributed by atoms with E-state index in [1.54, 1.807) is 18.4 Å². The number of thiazole rings is 1. The molecule has 30 heavy (non-hydrogen) atoms. The van der Waals surface area contributed by atoms with Crippen LogP contribution in [0.1, 0.15) is 44.2 Å². The smallest absolute Gasteiger partial charge is 0.494 e. The standard InChI is InChI=1S/C23H26BNO4S/c1-22(2)23(3,4)29-24(28-22)16-6-8-18-20(12-16)30-21(25-18)15-10-14-11-17(26-5)7-9-19(14)27-13-15/h6-9,11-12,15H,10,13H2,1-5H3. The summed E-state index contributed by atoms with van der Waals surface area (Å²) in [5, 5.41) is 1.10. The second-order valence-electron chi connectivity index (χ2n) is 9.05. The maximum atomic E-state index is 6.21. The molecule has 1 aromatic heterocycles. The molecule has 2 aliphatic rings. The molecule has 1 unspecified atom stereocenters. The zero-order chi connectivity index (χ0) is 21.1. The summed E-state index contributed by atoms with van der Waals surface area (Å²) in [5.74, 6) is 2.04. The number of hydrogen-bond donors (Lipinski definition) is 0. The summed E-state index contributed by atoms with van der Waals surface area (Å²) in [6.07, 6.45) is 0.899. The van der Waals surface area contributed by atoms with Crippen LogP contribution < -0.4 is 14.9 Å². The van der Waals surface area contributed by atoms with E-state index in [0.717, 1.165) is 38.6 Å². The Morgan fingerprint density at radius 1 is 1.07 bits per heavy atom. The molecule has 3 aromatic rings. The summed E-state index contributed by atoms with van der Waals surface area (Å²) in [6, 6.07) is 12.3. The number of methoxy groups -OCH3 is 1. The summed E-state index contributed by atoms with van der Waals surface area (Å²) in [6.45, 7) is 8.94. The fraction of sp³-hybridized carbons (Fsp3) is 0.435. The van der Waals surface area contributed by atoms with Gasteiger partial charge in [0.15, 0.2) is 0 Å². The van der Waals surface area contributed by atoms with Crippen LogP contribution in [0.3, 0.4) is 0 Å². The highest BCUT2D eigenvalue weighted by Crippen LogP contribution is 2.38. The number of rotatable bonds is 3. The van der Waals surface area contributed by atoms with Crippen molar-refractivity contribution in [3.05, 3.63) is 47.0 Å². The zero-order valence-corrected chi connectivity index (χ0v) is 18.8. The lowest BCUT2D eigenvalue weighted by atomic mass is 9.79. The Morgan fingerprint density at radius 2 is 1.83 bits per heavy atom. The Morgan fingerprint density at radius 3 is 2.57 bits per heavy atom. The molecule has 2 aliphatic heterocycles. The lowest BCUT2D eigenvalue weighted by Crippen LogP contribution is -2.41. The zero-order valence-electron chi connectivity index (χ0n) is 18.0. The van der Waals surface area contributed by atoms with Crippen molar-refractivity contribution in [3.63, 3.8) is 0 Å². The Balaban J connectivity index is 1.41. The Bertz CT molecular complexity index is 1090. The number of benzene rings is 2. The van der Waals surface area contributed by atoms with Gasteiger partial charge >= 0.3 is 7.12 Å². The fourth-order valence-corrected chi connectivity index (χ4v) is 5.02. The number of hydrogen-bond acceptors (Lipinski definition) is 6. The van der Waals surface area contributed by atoms with Crippen molar-refractivity contribution in [2.24, 2.45) is 0 Å². The predicted molar refractivity (Wildman–Crippen MR) is 120 cm³/mol. The minimum atomic E-state index is -0.359. The molecule has 1 saturated heterocycles. The van der Waals surface area contributed by atoms with Crippen molar-refractivity contribution >= 4 is 34.1 Å². The predicted octanol–water partition coefficient (Wildman–Crippen LogP) is 4.32. The molecule has 3 heterocycles. The highest BCUT2D eigenvalue weighted by molar-refractivity contribution is 7.18. The number of ether oxygens (including phenoxy) is 2.